The Morgan fingerprint density at radius 1 is 1.09 bits per heavy atom. The Hall–Kier alpha value is -2.96. The fourth-order valence-corrected chi connectivity index (χ4v) is 4.64. The summed E-state index contributed by atoms with van der Waals surface area (Å²) >= 11 is 0. The number of phenolic OH excluding ortho intramolecular Hbond substituents is 1. The van der Waals surface area contributed by atoms with Gasteiger partial charge in [0.05, 0.1) is 5.69 Å². The number of aromatic nitrogens is 2. The van der Waals surface area contributed by atoms with Crippen molar-refractivity contribution in [3.8, 4) is 17.0 Å². The van der Waals surface area contributed by atoms with Gasteiger partial charge in [-0.05, 0) is 60.6 Å². The van der Waals surface area contributed by atoms with Crippen molar-refractivity contribution in [2.45, 2.75) is 65.1 Å². The van der Waals surface area contributed by atoms with Gasteiger partial charge in [-0.2, -0.15) is 0 Å². The summed E-state index contributed by atoms with van der Waals surface area (Å²) in [6, 6.07) is 17.6. The van der Waals surface area contributed by atoms with Gasteiger partial charge in [-0.1, -0.05) is 51.1 Å². The maximum atomic E-state index is 10.2. The average molecular weight is 474 g/mol. The normalized spacial score (nSPS) is 19.0. The molecule has 1 aliphatic rings. The van der Waals surface area contributed by atoms with Crippen LogP contribution in [0.1, 0.15) is 51.3 Å². The predicted octanol–water partition coefficient (Wildman–Crippen LogP) is 4.98. The fraction of sp³-hybridized carbons (Fsp3) is 0.448. The number of anilines is 1. The second-order valence-electron chi connectivity index (χ2n) is 10.8. The number of piperazine rings is 1. The zero-order valence-electron chi connectivity index (χ0n) is 21.7. The molecule has 1 unspecified atom stereocenters. The summed E-state index contributed by atoms with van der Waals surface area (Å²) in [5, 5.41) is 17.1. The molecule has 0 radical (unpaired) electrons. The minimum atomic E-state index is -0.0966. The number of nitrogens with one attached hydrogen (secondary N) is 2. The predicted molar refractivity (Wildman–Crippen MR) is 144 cm³/mol. The highest BCUT2D eigenvalue weighted by Gasteiger charge is 2.22. The maximum absolute atomic E-state index is 10.2. The molecule has 3 N–H and O–H groups in total. The molecule has 6 nitrogen and oxygen atoms in total. The van der Waals surface area contributed by atoms with E-state index in [2.05, 4.69) is 85.5 Å². The fourth-order valence-electron chi connectivity index (χ4n) is 4.64. The Balaban J connectivity index is 1.40. The van der Waals surface area contributed by atoms with E-state index in [0.29, 0.717) is 23.8 Å². The third-order valence-corrected chi connectivity index (χ3v) is 6.72. The van der Waals surface area contributed by atoms with Crippen LogP contribution in [0.25, 0.3) is 11.3 Å². The molecule has 1 fully saturated rings. The Labute approximate surface area is 209 Å². The number of hydrogen-bond donors (Lipinski definition) is 3. The van der Waals surface area contributed by atoms with Gasteiger partial charge in [0.25, 0.3) is 0 Å². The van der Waals surface area contributed by atoms with Crippen LogP contribution in [0, 0.1) is 0 Å². The van der Waals surface area contributed by atoms with E-state index in [9.17, 15) is 5.11 Å². The molecule has 6 heteroatoms. The molecule has 1 aliphatic heterocycles. The highest BCUT2D eigenvalue weighted by Crippen LogP contribution is 2.31. The van der Waals surface area contributed by atoms with Crippen molar-refractivity contribution in [2.75, 3.05) is 25.0 Å². The van der Waals surface area contributed by atoms with E-state index in [4.69, 9.17) is 4.98 Å². The summed E-state index contributed by atoms with van der Waals surface area (Å²) in [4.78, 5) is 11.7. The van der Waals surface area contributed by atoms with E-state index >= 15 is 0 Å². The smallest absolute Gasteiger partial charge is 0.223 e. The number of nitrogens with zero attached hydrogens (tertiary/aromatic N) is 3. The van der Waals surface area contributed by atoms with Gasteiger partial charge in [-0.15, -0.1) is 0 Å². The summed E-state index contributed by atoms with van der Waals surface area (Å²) in [5.74, 6) is 0.987. The van der Waals surface area contributed by atoms with E-state index in [1.165, 1.54) is 11.1 Å². The minimum absolute atomic E-state index is 0.0966. The largest absolute Gasteiger partial charge is 0.508 e. The van der Waals surface area contributed by atoms with Gasteiger partial charge in [-0.3, -0.25) is 4.90 Å². The summed E-state index contributed by atoms with van der Waals surface area (Å²) in [7, 11) is 0. The first-order chi connectivity index (χ1) is 16.7. The van der Waals surface area contributed by atoms with Crippen molar-refractivity contribution in [1.82, 2.24) is 20.2 Å². The highest BCUT2D eigenvalue weighted by molar-refractivity contribution is 5.61. The quantitative estimate of drug-likeness (QED) is 0.449. The van der Waals surface area contributed by atoms with Crippen molar-refractivity contribution in [1.29, 1.82) is 0 Å². The summed E-state index contributed by atoms with van der Waals surface area (Å²) in [6.45, 7) is 14.6. The van der Waals surface area contributed by atoms with Gasteiger partial charge in [0.1, 0.15) is 5.75 Å². The lowest BCUT2D eigenvalue weighted by Crippen LogP contribution is -2.53. The Morgan fingerprint density at radius 2 is 1.91 bits per heavy atom. The van der Waals surface area contributed by atoms with Crippen LogP contribution in [0.2, 0.25) is 0 Å². The van der Waals surface area contributed by atoms with Gasteiger partial charge >= 0.3 is 0 Å². The highest BCUT2D eigenvalue weighted by atomic mass is 16.3. The molecule has 0 spiro atoms. The van der Waals surface area contributed by atoms with E-state index in [1.807, 2.05) is 18.3 Å². The lowest BCUT2D eigenvalue weighted by molar-refractivity contribution is 0.139. The van der Waals surface area contributed by atoms with Crippen molar-refractivity contribution >= 4 is 5.95 Å². The van der Waals surface area contributed by atoms with Crippen molar-refractivity contribution in [3.63, 3.8) is 0 Å². The molecule has 2 heterocycles. The van der Waals surface area contributed by atoms with Crippen LogP contribution in [-0.2, 0) is 18.4 Å². The average Bonchev–Trinajstić information content (AvgIpc) is 2.82. The Morgan fingerprint density at radius 3 is 2.71 bits per heavy atom. The van der Waals surface area contributed by atoms with Crippen LogP contribution < -0.4 is 10.6 Å². The van der Waals surface area contributed by atoms with Gasteiger partial charge in [0.2, 0.25) is 5.95 Å². The monoisotopic (exact) mass is 473 g/mol. The topological polar surface area (TPSA) is 73.3 Å². The molecule has 2 atom stereocenters. The van der Waals surface area contributed by atoms with Crippen LogP contribution in [0.15, 0.2) is 54.7 Å². The Bertz CT molecular complexity index is 1140. The van der Waals surface area contributed by atoms with Gasteiger partial charge < -0.3 is 15.7 Å². The molecule has 0 saturated carbocycles. The molecule has 35 heavy (non-hydrogen) atoms. The number of hydrogen-bond acceptors (Lipinski definition) is 6. The number of benzene rings is 2. The molecule has 0 bridgehead atoms. The third kappa shape index (κ3) is 6.59. The standard InChI is InChI=1S/C29H39N5O/c1-20-18-34(21(2)17-32-20)19-23-7-6-8-24(15-23)26-12-14-31-28(33-26)30-13-11-22-9-10-27(35)25(16-22)29(3,4)5/h6-10,12,14-16,20-21,32,35H,11,13,17-19H2,1-5H3,(H,30,31,33)/t20-,21?/m0/s1. The zero-order valence-corrected chi connectivity index (χ0v) is 21.7. The zero-order chi connectivity index (χ0) is 25.0. The molecule has 2 aromatic carbocycles. The van der Waals surface area contributed by atoms with Gasteiger partial charge in [0.15, 0.2) is 0 Å². The van der Waals surface area contributed by atoms with E-state index < -0.39 is 0 Å². The van der Waals surface area contributed by atoms with Crippen LogP contribution in [0.3, 0.4) is 0 Å². The lowest BCUT2D eigenvalue weighted by Gasteiger charge is -2.37. The summed E-state index contributed by atoms with van der Waals surface area (Å²) < 4.78 is 0. The first kappa shape index (κ1) is 25.1. The van der Waals surface area contributed by atoms with E-state index in [-0.39, 0.29) is 5.41 Å². The molecular weight excluding hydrogens is 434 g/mol. The van der Waals surface area contributed by atoms with Crippen LogP contribution in [0.5, 0.6) is 5.75 Å². The first-order valence-electron chi connectivity index (χ1n) is 12.6. The van der Waals surface area contributed by atoms with Crippen molar-refractivity contribution in [3.05, 3.63) is 71.4 Å². The molecular formula is C29H39N5O. The molecule has 186 valence electrons. The van der Waals surface area contributed by atoms with Gasteiger partial charge in [0, 0.05) is 50.0 Å². The van der Waals surface area contributed by atoms with Crippen LogP contribution in [-0.4, -0.2) is 51.7 Å². The Kier molecular flexibility index (Phi) is 7.72. The van der Waals surface area contributed by atoms with E-state index in [0.717, 1.165) is 49.4 Å². The molecule has 3 aromatic rings. The second kappa shape index (κ2) is 10.8. The van der Waals surface area contributed by atoms with Crippen LogP contribution in [0.4, 0.5) is 5.95 Å². The SMILES string of the molecule is CC1CN[C@@H](C)CN1Cc1cccc(-c2ccnc(NCCc3ccc(O)c(C(C)(C)C)c3)n2)c1. The number of rotatable bonds is 7. The molecule has 0 amide bonds. The summed E-state index contributed by atoms with van der Waals surface area (Å²) in [6.07, 6.45) is 2.64. The third-order valence-electron chi connectivity index (χ3n) is 6.72. The molecule has 1 saturated heterocycles. The second-order valence-corrected chi connectivity index (χ2v) is 10.8. The number of phenols is 1. The minimum Gasteiger partial charge on any atom is -0.508 e. The molecule has 4 rings (SSSR count). The van der Waals surface area contributed by atoms with E-state index in [1.54, 1.807) is 6.07 Å². The van der Waals surface area contributed by atoms with Crippen molar-refractivity contribution < 1.29 is 5.11 Å². The summed E-state index contributed by atoms with van der Waals surface area (Å²) in [5.41, 5.74) is 5.39. The number of aromatic hydroxyl groups is 1. The van der Waals surface area contributed by atoms with Crippen molar-refractivity contribution in [2.24, 2.45) is 0 Å². The maximum Gasteiger partial charge on any atom is 0.223 e. The molecule has 1 aromatic heterocycles. The van der Waals surface area contributed by atoms with Gasteiger partial charge in [-0.25, -0.2) is 9.97 Å². The van der Waals surface area contributed by atoms with Crippen LogP contribution >= 0.6 is 0 Å². The molecule has 0 aliphatic carbocycles. The first-order valence-corrected chi connectivity index (χ1v) is 12.6. The lowest BCUT2D eigenvalue weighted by atomic mass is 9.85.